The van der Waals surface area contributed by atoms with Crippen molar-refractivity contribution in [3.8, 4) is 6.07 Å². The number of hydrogen-bond acceptors (Lipinski definition) is 2. The second-order valence-corrected chi connectivity index (χ2v) is 4.81. The van der Waals surface area contributed by atoms with Gasteiger partial charge in [0, 0.05) is 12.1 Å². The van der Waals surface area contributed by atoms with Crippen molar-refractivity contribution in [2.24, 2.45) is 0 Å². The highest BCUT2D eigenvalue weighted by Crippen LogP contribution is 2.27. The molecular weight excluding hydrogens is 233 g/mol. The zero-order valence-electron chi connectivity index (χ0n) is 10.3. The van der Waals surface area contributed by atoms with Gasteiger partial charge in [-0.05, 0) is 19.9 Å². The van der Waals surface area contributed by atoms with Crippen LogP contribution in [0.5, 0.6) is 0 Å². The normalized spacial score (nSPS) is 19.6. The molecule has 94 valence electrons. The predicted octanol–water partition coefficient (Wildman–Crippen LogP) is 2.19. The predicted molar refractivity (Wildman–Crippen MR) is 64.1 cm³/mol. The third-order valence-electron chi connectivity index (χ3n) is 3.14. The monoisotopic (exact) mass is 247 g/mol. The van der Waals surface area contributed by atoms with Gasteiger partial charge in [-0.2, -0.15) is 5.26 Å². The summed E-state index contributed by atoms with van der Waals surface area (Å²) in [7, 11) is 0. The van der Waals surface area contributed by atoms with Crippen LogP contribution in [0.15, 0.2) is 24.3 Å². The number of nitrogens with one attached hydrogen (secondary N) is 1. The number of halogens is 1. The van der Waals surface area contributed by atoms with Crippen molar-refractivity contribution in [3.63, 3.8) is 0 Å². The van der Waals surface area contributed by atoms with Crippen LogP contribution in [0.2, 0.25) is 0 Å². The van der Waals surface area contributed by atoms with Crippen molar-refractivity contribution in [2.45, 2.75) is 25.4 Å². The number of nitriles is 1. The molecule has 0 aromatic heterocycles. The van der Waals surface area contributed by atoms with Crippen LogP contribution in [0, 0.1) is 17.1 Å². The summed E-state index contributed by atoms with van der Waals surface area (Å²) in [4.78, 5) is 13.2. The van der Waals surface area contributed by atoms with Crippen molar-refractivity contribution in [1.29, 1.82) is 5.26 Å². The maximum absolute atomic E-state index is 13.6. The number of benzene rings is 1. The van der Waals surface area contributed by atoms with E-state index in [1.807, 2.05) is 0 Å². The lowest BCUT2D eigenvalue weighted by Crippen LogP contribution is -2.44. The molecule has 0 saturated carbocycles. The molecule has 1 fully saturated rings. The third-order valence-corrected chi connectivity index (χ3v) is 3.14. The van der Waals surface area contributed by atoms with Gasteiger partial charge in [0.15, 0.2) is 0 Å². The molecule has 0 spiro atoms. The minimum Gasteiger partial charge on any atom is -0.329 e. The summed E-state index contributed by atoms with van der Waals surface area (Å²) in [5, 5.41) is 11.7. The number of carbonyl (C=O) groups excluding carboxylic acids is 1. The maximum Gasteiger partial charge on any atom is 0.319 e. The first-order valence-electron chi connectivity index (χ1n) is 5.69. The summed E-state index contributed by atoms with van der Waals surface area (Å²) in [6.45, 7) is 3.62. The lowest BCUT2D eigenvalue weighted by Gasteiger charge is -2.27. The Morgan fingerprint density at radius 3 is 2.78 bits per heavy atom. The van der Waals surface area contributed by atoms with Crippen LogP contribution in [0.3, 0.4) is 0 Å². The van der Waals surface area contributed by atoms with E-state index in [2.05, 4.69) is 11.4 Å². The molecule has 0 aliphatic carbocycles. The lowest BCUT2D eigenvalue weighted by atomic mass is 10.0. The van der Waals surface area contributed by atoms with Gasteiger partial charge in [-0.1, -0.05) is 18.2 Å². The van der Waals surface area contributed by atoms with Crippen molar-refractivity contribution in [1.82, 2.24) is 10.2 Å². The van der Waals surface area contributed by atoms with Gasteiger partial charge in [0.2, 0.25) is 0 Å². The highest BCUT2D eigenvalue weighted by molar-refractivity contribution is 5.78. The minimum absolute atomic E-state index is 0.292. The molecule has 1 aliphatic heterocycles. The van der Waals surface area contributed by atoms with E-state index in [0.29, 0.717) is 12.1 Å². The summed E-state index contributed by atoms with van der Waals surface area (Å²) >= 11 is 0. The van der Waals surface area contributed by atoms with Crippen LogP contribution in [0.25, 0.3) is 0 Å². The molecule has 5 heteroatoms. The Kier molecular flexibility index (Phi) is 2.95. The minimum atomic E-state index is -0.899. The van der Waals surface area contributed by atoms with Gasteiger partial charge in [-0.15, -0.1) is 0 Å². The summed E-state index contributed by atoms with van der Waals surface area (Å²) in [5.74, 6) is -0.348. The summed E-state index contributed by atoms with van der Waals surface area (Å²) < 4.78 is 13.6. The molecule has 1 saturated heterocycles. The van der Waals surface area contributed by atoms with Crippen LogP contribution < -0.4 is 5.32 Å². The molecule has 4 nitrogen and oxygen atoms in total. The largest absolute Gasteiger partial charge is 0.329 e. The Balaban J connectivity index is 2.25. The number of rotatable bonds is 2. The van der Waals surface area contributed by atoms with E-state index in [4.69, 9.17) is 5.26 Å². The molecule has 1 aromatic rings. The Morgan fingerprint density at radius 1 is 1.50 bits per heavy atom. The van der Waals surface area contributed by atoms with E-state index in [9.17, 15) is 9.18 Å². The molecule has 2 rings (SSSR count). The summed E-state index contributed by atoms with van der Waals surface area (Å²) in [6, 6.07) is 7.65. The van der Waals surface area contributed by atoms with Crippen LogP contribution in [-0.4, -0.2) is 23.0 Å². The molecule has 1 heterocycles. The first-order chi connectivity index (χ1) is 8.45. The van der Waals surface area contributed by atoms with Crippen molar-refractivity contribution < 1.29 is 9.18 Å². The number of amides is 2. The van der Waals surface area contributed by atoms with Gasteiger partial charge in [0.1, 0.15) is 11.4 Å². The average Bonchev–Trinajstić information content (AvgIpc) is 2.72. The number of carbonyl (C=O) groups is 1. The average molecular weight is 247 g/mol. The van der Waals surface area contributed by atoms with Gasteiger partial charge in [-0.25, -0.2) is 9.18 Å². The zero-order chi connectivity index (χ0) is 13.3. The van der Waals surface area contributed by atoms with E-state index < -0.39 is 11.6 Å². The zero-order valence-corrected chi connectivity index (χ0v) is 10.3. The van der Waals surface area contributed by atoms with Crippen LogP contribution in [0.1, 0.15) is 25.5 Å². The Morgan fingerprint density at radius 2 is 2.17 bits per heavy atom. The summed E-state index contributed by atoms with van der Waals surface area (Å²) in [6.07, 6.45) is 0. The van der Waals surface area contributed by atoms with Gasteiger partial charge in [0.25, 0.3) is 0 Å². The van der Waals surface area contributed by atoms with Gasteiger partial charge in [-0.3, -0.25) is 0 Å². The second kappa shape index (κ2) is 4.30. The number of nitrogens with zero attached hydrogens (tertiary/aromatic N) is 2. The topological polar surface area (TPSA) is 56.1 Å². The van der Waals surface area contributed by atoms with Gasteiger partial charge >= 0.3 is 6.03 Å². The first-order valence-corrected chi connectivity index (χ1v) is 5.69. The van der Waals surface area contributed by atoms with Crippen LogP contribution in [0.4, 0.5) is 9.18 Å². The Bertz CT molecular complexity index is 521. The molecule has 1 atom stereocenters. The van der Waals surface area contributed by atoms with Gasteiger partial charge < -0.3 is 10.2 Å². The Labute approximate surface area is 105 Å². The van der Waals surface area contributed by atoms with Crippen LogP contribution >= 0.6 is 0 Å². The van der Waals surface area contributed by atoms with Crippen LogP contribution in [-0.2, 0) is 0 Å². The molecular formula is C13H14FN3O. The third kappa shape index (κ3) is 2.02. The van der Waals surface area contributed by atoms with Crippen molar-refractivity contribution in [3.05, 3.63) is 35.6 Å². The fourth-order valence-corrected chi connectivity index (χ4v) is 2.01. The smallest absolute Gasteiger partial charge is 0.319 e. The second-order valence-electron chi connectivity index (χ2n) is 4.81. The standard InChI is InChI=1S/C13H14FN3O/c1-13(2,8-15)17-7-11(16-12(17)18)9-5-3-4-6-10(9)14/h3-6,11H,7H2,1-2H3,(H,16,18). The molecule has 1 aromatic carbocycles. The summed E-state index contributed by atoms with van der Waals surface area (Å²) in [5.41, 5.74) is -0.452. The molecule has 18 heavy (non-hydrogen) atoms. The Hall–Kier alpha value is -2.09. The molecule has 0 bridgehead atoms. The van der Waals surface area contributed by atoms with Gasteiger partial charge in [0.05, 0.1) is 12.1 Å². The molecule has 1 N–H and O–H groups in total. The van der Waals surface area contributed by atoms with E-state index in [0.717, 1.165) is 0 Å². The SMILES string of the molecule is CC(C)(C#N)N1CC(c2ccccc2F)NC1=O. The first kappa shape index (κ1) is 12.4. The highest BCUT2D eigenvalue weighted by Gasteiger charge is 2.39. The molecule has 0 radical (unpaired) electrons. The molecule has 1 aliphatic rings. The maximum atomic E-state index is 13.6. The van der Waals surface area contributed by atoms with E-state index >= 15 is 0 Å². The van der Waals surface area contributed by atoms with Crippen molar-refractivity contribution in [2.75, 3.05) is 6.54 Å². The molecule has 2 amide bonds. The fourth-order valence-electron chi connectivity index (χ4n) is 2.01. The lowest BCUT2D eigenvalue weighted by molar-refractivity contribution is 0.186. The number of hydrogen-bond donors (Lipinski definition) is 1. The fraction of sp³-hybridized carbons (Fsp3) is 0.385. The van der Waals surface area contributed by atoms with E-state index in [-0.39, 0.29) is 11.8 Å². The van der Waals surface area contributed by atoms with E-state index in [1.165, 1.54) is 11.0 Å². The quantitative estimate of drug-likeness (QED) is 0.871. The highest BCUT2D eigenvalue weighted by atomic mass is 19.1. The van der Waals surface area contributed by atoms with E-state index in [1.54, 1.807) is 32.0 Å². The van der Waals surface area contributed by atoms with Crippen molar-refractivity contribution >= 4 is 6.03 Å². The molecule has 1 unspecified atom stereocenters. The number of urea groups is 1.